The first-order valence-electron chi connectivity index (χ1n) is 10.2. The molecule has 4 rings (SSSR count). The second kappa shape index (κ2) is 8.94. The zero-order valence-electron chi connectivity index (χ0n) is 17.3. The number of ether oxygens (including phenoxy) is 1. The van der Waals surface area contributed by atoms with Gasteiger partial charge in [0.05, 0.1) is 0 Å². The number of rotatable bonds is 6. The molecule has 1 heterocycles. The van der Waals surface area contributed by atoms with Gasteiger partial charge in [-0.15, -0.1) is 13.2 Å². The Morgan fingerprint density at radius 1 is 0.844 bits per heavy atom. The molecular weight excluding hydrogens is 420 g/mol. The maximum atomic E-state index is 15.1. The van der Waals surface area contributed by atoms with Crippen LogP contribution in [0, 0.1) is 5.82 Å². The van der Waals surface area contributed by atoms with Gasteiger partial charge in [0.1, 0.15) is 11.6 Å². The highest BCUT2D eigenvalue weighted by atomic mass is 19.4. The lowest BCUT2D eigenvalue weighted by Crippen LogP contribution is -2.17. The van der Waals surface area contributed by atoms with Crippen LogP contribution in [0.1, 0.15) is 23.6 Å². The monoisotopic (exact) mass is 440 g/mol. The van der Waals surface area contributed by atoms with E-state index in [-0.39, 0.29) is 11.6 Å². The fourth-order valence-electron chi connectivity index (χ4n) is 3.49. The molecule has 1 aromatic heterocycles. The largest absolute Gasteiger partial charge is 0.573 e. The molecule has 0 unspecified atom stereocenters. The van der Waals surface area contributed by atoms with Gasteiger partial charge < -0.3 is 4.74 Å². The average Bonchev–Trinajstić information content (AvgIpc) is 2.78. The summed E-state index contributed by atoms with van der Waals surface area (Å²) in [5.74, 6) is 0.0158. The second-order valence-electron chi connectivity index (χ2n) is 7.43. The first-order valence-corrected chi connectivity index (χ1v) is 10.2. The third kappa shape index (κ3) is 5.04. The second-order valence-corrected chi connectivity index (χ2v) is 7.43. The van der Waals surface area contributed by atoms with Gasteiger partial charge >= 0.3 is 6.36 Å². The van der Waals surface area contributed by atoms with Crippen molar-refractivity contribution in [1.82, 2.24) is 9.97 Å². The number of benzene rings is 3. The molecule has 0 aliphatic rings. The van der Waals surface area contributed by atoms with Crippen molar-refractivity contribution < 1.29 is 22.3 Å². The van der Waals surface area contributed by atoms with Gasteiger partial charge in [0.15, 0.2) is 5.82 Å². The Morgan fingerprint density at radius 2 is 1.56 bits per heavy atom. The first-order chi connectivity index (χ1) is 15.3. The van der Waals surface area contributed by atoms with Gasteiger partial charge in [-0.3, -0.25) is 0 Å². The number of alkyl halides is 3. The quantitative estimate of drug-likeness (QED) is 0.314. The summed E-state index contributed by atoms with van der Waals surface area (Å²) in [5, 5.41) is 1.26. The molecule has 0 radical (unpaired) electrons. The average molecular weight is 440 g/mol. The van der Waals surface area contributed by atoms with E-state index in [2.05, 4.69) is 14.7 Å². The molecule has 4 aromatic rings. The van der Waals surface area contributed by atoms with Gasteiger partial charge in [0, 0.05) is 23.3 Å². The predicted molar refractivity (Wildman–Crippen MR) is 115 cm³/mol. The molecule has 0 saturated carbocycles. The van der Waals surface area contributed by atoms with Crippen molar-refractivity contribution in [3.05, 3.63) is 89.5 Å². The first kappa shape index (κ1) is 21.7. The smallest absolute Gasteiger partial charge is 0.406 e. The third-order valence-corrected chi connectivity index (χ3v) is 5.25. The Kier molecular flexibility index (Phi) is 6.08. The van der Waals surface area contributed by atoms with Gasteiger partial charge in [-0.05, 0) is 59.5 Å². The number of nitrogens with zero attached hydrogens (tertiary/aromatic N) is 2. The van der Waals surface area contributed by atoms with E-state index in [1.165, 1.54) is 12.1 Å². The number of hydrogen-bond donors (Lipinski definition) is 0. The SMILES string of the molecule is CCc1cnc(-c2ccc3c(F)c(CCc4ccc(OC(F)(F)F)cc4)ccc3c2)nc1. The zero-order valence-corrected chi connectivity index (χ0v) is 17.3. The lowest BCUT2D eigenvalue weighted by atomic mass is 9.99. The summed E-state index contributed by atoms with van der Waals surface area (Å²) in [7, 11) is 0. The van der Waals surface area contributed by atoms with Gasteiger partial charge in [-0.1, -0.05) is 43.3 Å². The van der Waals surface area contributed by atoms with Gasteiger partial charge in [-0.25, -0.2) is 14.4 Å². The highest BCUT2D eigenvalue weighted by molar-refractivity contribution is 5.87. The maximum Gasteiger partial charge on any atom is 0.573 e. The number of aryl methyl sites for hydroxylation is 3. The number of aromatic nitrogens is 2. The lowest BCUT2D eigenvalue weighted by molar-refractivity contribution is -0.274. The van der Waals surface area contributed by atoms with Crippen molar-refractivity contribution in [2.24, 2.45) is 0 Å². The van der Waals surface area contributed by atoms with Gasteiger partial charge in [0.2, 0.25) is 0 Å². The van der Waals surface area contributed by atoms with Crippen LogP contribution < -0.4 is 4.74 Å². The van der Waals surface area contributed by atoms with Crippen LogP contribution in [0.5, 0.6) is 5.75 Å². The molecule has 0 saturated heterocycles. The minimum absolute atomic E-state index is 0.276. The number of hydrogen-bond acceptors (Lipinski definition) is 3. The molecule has 7 heteroatoms. The molecular formula is C25H20F4N2O. The summed E-state index contributed by atoms with van der Waals surface area (Å²) >= 11 is 0. The Labute approximate surface area is 182 Å². The third-order valence-electron chi connectivity index (χ3n) is 5.25. The van der Waals surface area contributed by atoms with Crippen molar-refractivity contribution in [3.63, 3.8) is 0 Å². The highest BCUT2D eigenvalue weighted by Gasteiger charge is 2.30. The zero-order chi connectivity index (χ0) is 22.7. The van der Waals surface area contributed by atoms with E-state index < -0.39 is 6.36 Å². The summed E-state index contributed by atoms with van der Waals surface area (Å²) < 4.78 is 55.7. The van der Waals surface area contributed by atoms with Gasteiger partial charge in [-0.2, -0.15) is 0 Å². The van der Waals surface area contributed by atoms with Crippen molar-refractivity contribution in [3.8, 4) is 17.1 Å². The van der Waals surface area contributed by atoms with Crippen LogP contribution in [0.25, 0.3) is 22.2 Å². The summed E-state index contributed by atoms with van der Waals surface area (Å²) in [4.78, 5) is 8.76. The fraction of sp³-hybridized carbons (Fsp3) is 0.200. The molecule has 0 aliphatic heterocycles. The van der Waals surface area contributed by atoms with Crippen molar-refractivity contribution in [2.45, 2.75) is 32.5 Å². The number of fused-ring (bicyclic) bond motifs is 1. The summed E-state index contributed by atoms with van der Waals surface area (Å²) in [6.45, 7) is 2.03. The Morgan fingerprint density at radius 3 is 2.22 bits per heavy atom. The predicted octanol–water partition coefficient (Wildman–Crippen LogP) is 6.68. The van der Waals surface area contributed by atoms with E-state index in [9.17, 15) is 13.2 Å². The Balaban J connectivity index is 1.49. The summed E-state index contributed by atoms with van der Waals surface area (Å²) in [6, 6.07) is 14.6. The van der Waals surface area contributed by atoms with E-state index in [1.807, 2.05) is 19.1 Å². The molecule has 32 heavy (non-hydrogen) atoms. The van der Waals surface area contributed by atoms with E-state index in [0.717, 1.165) is 28.5 Å². The van der Waals surface area contributed by atoms with Crippen LogP contribution in [-0.2, 0) is 19.3 Å². The van der Waals surface area contributed by atoms with Crippen molar-refractivity contribution in [2.75, 3.05) is 0 Å². The van der Waals surface area contributed by atoms with Crippen molar-refractivity contribution >= 4 is 10.8 Å². The summed E-state index contributed by atoms with van der Waals surface area (Å²) in [6.07, 6.45) is 0.628. The molecule has 3 nitrogen and oxygen atoms in total. The van der Waals surface area contributed by atoms with E-state index in [4.69, 9.17) is 0 Å². The maximum absolute atomic E-state index is 15.1. The molecule has 0 amide bonds. The molecule has 0 fully saturated rings. The standard InChI is InChI=1S/C25H20F4N2O/c1-2-16-14-30-24(31-15-16)20-9-12-22-19(13-20)8-7-18(23(22)26)6-3-17-4-10-21(11-5-17)32-25(27,28)29/h4-5,7-15H,2-3,6H2,1H3. The van der Waals surface area contributed by atoms with Crippen LogP contribution in [0.3, 0.4) is 0 Å². The topological polar surface area (TPSA) is 35.0 Å². The lowest BCUT2D eigenvalue weighted by Gasteiger charge is -2.10. The molecule has 0 N–H and O–H groups in total. The van der Waals surface area contributed by atoms with Crippen molar-refractivity contribution in [1.29, 1.82) is 0 Å². The van der Waals surface area contributed by atoms with Crippen LogP contribution in [0.15, 0.2) is 67.0 Å². The molecule has 3 aromatic carbocycles. The number of halogens is 4. The molecule has 0 bridgehead atoms. The van der Waals surface area contributed by atoms with Crippen LogP contribution in [-0.4, -0.2) is 16.3 Å². The summed E-state index contributed by atoms with van der Waals surface area (Å²) in [5.41, 5.74) is 3.20. The normalized spacial score (nSPS) is 11.7. The minimum Gasteiger partial charge on any atom is -0.406 e. The van der Waals surface area contributed by atoms with E-state index in [0.29, 0.717) is 29.6 Å². The van der Waals surface area contributed by atoms with Crippen LogP contribution in [0.2, 0.25) is 0 Å². The van der Waals surface area contributed by atoms with Crippen LogP contribution >= 0.6 is 0 Å². The Hall–Kier alpha value is -3.48. The molecule has 0 spiro atoms. The van der Waals surface area contributed by atoms with E-state index in [1.54, 1.807) is 42.7 Å². The highest BCUT2D eigenvalue weighted by Crippen LogP contribution is 2.27. The molecule has 164 valence electrons. The molecule has 0 aliphatic carbocycles. The van der Waals surface area contributed by atoms with Crippen LogP contribution in [0.4, 0.5) is 17.6 Å². The fourth-order valence-corrected chi connectivity index (χ4v) is 3.49. The minimum atomic E-state index is -4.72. The molecule has 0 atom stereocenters. The van der Waals surface area contributed by atoms with Gasteiger partial charge in [0.25, 0.3) is 0 Å². The Bertz CT molecular complexity index is 1220. The van der Waals surface area contributed by atoms with E-state index >= 15 is 4.39 Å².